The van der Waals surface area contributed by atoms with Crippen LogP contribution in [0.25, 0.3) is 0 Å². The first-order valence-electron chi connectivity index (χ1n) is 6.53. The lowest BCUT2D eigenvalue weighted by Gasteiger charge is -2.36. The summed E-state index contributed by atoms with van der Waals surface area (Å²) in [5.74, 6) is 2.53. The molecule has 0 aromatic carbocycles. The summed E-state index contributed by atoms with van der Waals surface area (Å²) >= 11 is 4.29. The minimum atomic E-state index is 0.439. The highest BCUT2D eigenvalue weighted by Gasteiger charge is 2.25. The molecule has 0 aromatic heterocycles. The molecule has 0 bridgehead atoms. The van der Waals surface area contributed by atoms with Crippen molar-refractivity contribution in [2.24, 2.45) is 11.8 Å². The average molecular weight is 245 g/mol. The van der Waals surface area contributed by atoms with E-state index in [4.69, 9.17) is 4.74 Å². The lowest BCUT2D eigenvalue weighted by Crippen LogP contribution is -2.44. The van der Waals surface area contributed by atoms with Crippen LogP contribution in [0.3, 0.4) is 0 Å². The summed E-state index contributed by atoms with van der Waals surface area (Å²) in [5.41, 5.74) is 0. The molecule has 0 aliphatic carbocycles. The number of hydrogen-bond donors (Lipinski definition) is 1. The Kier molecular flexibility index (Phi) is 6.78. The van der Waals surface area contributed by atoms with Gasteiger partial charge in [0.05, 0.1) is 6.10 Å². The van der Waals surface area contributed by atoms with Crippen molar-refractivity contribution in [1.29, 1.82) is 0 Å². The standard InChI is InChI=1S/C13H27NOS/c1-11(6-9-16)4-7-14-8-5-12(2)13(10-14)15-3/h11-13,16H,4-10H2,1-3H3. The molecule has 1 rings (SSSR count). The fourth-order valence-electron chi connectivity index (χ4n) is 2.38. The van der Waals surface area contributed by atoms with Crippen molar-refractivity contribution in [3.63, 3.8) is 0 Å². The summed E-state index contributed by atoms with van der Waals surface area (Å²) < 4.78 is 5.53. The Morgan fingerprint density at radius 3 is 2.81 bits per heavy atom. The molecule has 0 spiro atoms. The highest BCUT2D eigenvalue weighted by Crippen LogP contribution is 2.20. The maximum Gasteiger partial charge on any atom is 0.0724 e. The number of ether oxygens (including phenoxy) is 1. The van der Waals surface area contributed by atoms with Crippen LogP contribution in [0.2, 0.25) is 0 Å². The minimum absolute atomic E-state index is 0.439. The van der Waals surface area contributed by atoms with Crippen molar-refractivity contribution in [2.75, 3.05) is 32.5 Å². The van der Waals surface area contributed by atoms with Gasteiger partial charge in [-0.1, -0.05) is 13.8 Å². The Labute approximate surface area is 106 Å². The smallest absolute Gasteiger partial charge is 0.0724 e. The van der Waals surface area contributed by atoms with Gasteiger partial charge in [0.25, 0.3) is 0 Å². The Morgan fingerprint density at radius 2 is 2.19 bits per heavy atom. The van der Waals surface area contributed by atoms with Gasteiger partial charge in [-0.15, -0.1) is 0 Å². The van der Waals surface area contributed by atoms with Gasteiger partial charge in [0.2, 0.25) is 0 Å². The number of rotatable bonds is 6. The van der Waals surface area contributed by atoms with Gasteiger partial charge in [0.1, 0.15) is 0 Å². The van der Waals surface area contributed by atoms with Crippen LogP contribution in [0.15, 0.2) is 0 Å². The molecule has 2 nitrogen and oxygen atoms in total. The van der Waals surface area contributed by atoms with E-state index in [1.165, 1.54) is 32.4 Å². The van der Waals surface area contributed by atoms with Crippen LogP contribution in [-0.2, 0) is 4.74 Å². The van der Waals surface area contributed by atoms with Crippen LogP contribution >= 0.6 is 12.6 Å². The molecule has 96 valence electrons. The Balaban J connectivity index is 2.22. The predicted octanol–water partition coefficient (Wildman–Crippen LogP) is 2.69. The first-order valence-corrected chi connectivity index (χ1v) is 7.16. The van der Waals surface area contributed by atoms with Gasteiger partial charge in [-0.25, -0.2) is 0 Å². The first kappa shape index (κ1) is 14.3. The number of thiol groups is 1. The quantitative estimate of drug-likeness (QED) is 0.722. The molecular formula is C13H27NOS. The topological polar surface area (TPSA) is 12.5 Å². The molecule has 16 heavy (non-hydrogen) atoms. The van der Waals surface area contributed by atoms with E-state index in [0.29, 0.717) is 6.10 Å². The molecule has 1 fully saturated rings. The van der Waals surface area contributed by atoms with Crippen molar-refractivity contribution in [3.05, 3.63) is 0 Å². The van der Waals surface area contributed by atoms with Gasteiger partial charge in [-0.05, 0) is 49.9 Å². The summed E-state index contributed by atoms with van der Waals surface area (Å²) in [4.78, 5) is 2.56. The van der Waals surface area contributed by atoms with Crippen LogP contribution in [0.1, 0.15) is 33.1 Å². The highest BCUT2D eigenvalue weighted by molar-refractivity contribution is 7.80. The highest BCUT2D eigenvalue weighted by atomic mass is 32.1. The monoisotopic (exact) mass is 245 g/mol. The van der Waals surface area contributed by atoms with Crippen LogP contribution in [0.4, 0.5) is 0 Å². The Morgan fingerprint density at radius 1 is 1.44 bits per heavy atom. The zero-order valence-corrected chi connectivity index (χ0v) is 11.9. The second-order valence-corrected chi connectivity index (χ2v) is 5.69. The van der Waals surface area contributed by atoms with Gasteiger partial charge < -0.3 is 9.64 Å². The zero-order valence-electron chi connectivity index (χ0n) is 11.0. The summed E-state index contributed by atoms with van der Waals surface area (Å²) in [6, 6.07) is 0. The molecule has 0 N–H and O–H groups in total. The third kappa shape index (κ3) is 4.64. The second kappa shape index (κ2) is 7.57. The maximum atomic E-state index is 5.53. The predicted molar refractivity (Wildman–Crippen MR) is 73.3 cm³/mol. The fourth-order valence-corrected chi connectivity index (χ4v) is 2.82. The lowest BCUT2D eigenvalue weighted by atomic mass is 9.95. The molecule has 0 aromatic rings. The van der Waals surface area contributed by atoms with Crippen LogP contribution in [0.5, 0.6) is 0 Å². The molecule has 0 amide bonds. The number of likely N-dealkylation sites (tertiary alicyclic amines) is 1. The second-order valence-electron chi connectivity index (χ2n) is 5.25. The van der Waals surface area contributed by atoms with Crippen molar-refractivity contribution >= 4 is 12.6 Å². The van der Waals surface area contributed by atoms with E-state index in [1.54, 1.807) is 0 Å². The van der Waals surface area contributed by atoms with Gasteiger partial charge >= 0.3 is 0 Å². The SMILES string of the molecule is COC1CN(CCC(C)CCS)CCC1C. The molecule has 3 atom stereocenters. The van der Waals surface area contributed by atoms with Crippen LogP contribution in [0, 0.1) is 11.8 Å². The summed E-state index contributed by atoms with van der Waals surface area (Å²) in [6.07, 6.45) is 4.25. The molecule has 3 unspecified atom stereocenters. The zero-order chi connectivity index (χ0) is 12.0. The molecule has 1 heterocycles. The normalized spacial score (nSPS) is 29.2. The summed E-state index contributed by atoms with van der Waals surface area (Å²) in [5, 5.41) is 0. The Bertz CT molecular complexity index is 189. The molecule has 1 aliphatic rings. The Hall–Kier alpha value is 0.270. The van der Waals surface area contributed by atoms with Gasteiger partial charge in [0.15, 0.2) is 0 Å². The van der Waals surface area contributed by atoms with Gasteiger partial charge in [0, 0.05) is 13.7 Å². The minimum Gasteiger partial charge on any atom is -0.380 e. The molecular weight excluding hydrogens is 218 g/mol. The van der Waals surface area contributed by atoms with E-state index in [0.717, 1.165) is 24.1 Å². The van der Waals surface area contributed by atoms with Crippen molar-refractivity contribution in [2.45, 2.75) is 39.2 Å². The van der Waals surface area contributed by atoms with Gasteiger partial charge in [-0.2, -0.15) is 12.6 Å². The van der Waals surface area contributed by atoms with E-state index in [9.17, 15) is 0 Å². The number of piperidine rings is 1. The van der Waals surface area contributed by atoms with E-state index in [1.807, 2.05) is 7.11 Å². The third-order valence-electron chi connectivity index (χ3n) is 3.84. The summed E-state index contributed by atoms with van der Waals surface area (Å²) in [7, 11) is 1.84. The van der Waals surface area contributed by atoms with E-state index in [2.05, 4.69) is 31.4 Å². The third-order valence-corrected chi connectivity index (χ3v) is 4.09. The van der Waals surface area contributed by atoms with E-state index >= 15 is 0 Å². The van der Waals surface area contributed by atoms with Crippen molar-refractivity contribution in [3.8, 4) is 0 Å². The number of methoxy groups -OCH3 is 1. The first-order chi connectivity index (χ1) is 7.67. The van der Waals surface area contributed by atoms with Crippen molar-refractivity contribution < 1.29 is 4.74 Å². The van der Waals surface area contributed by atoms with E-state index in [-0.39, 0.29) is 0 Å². The molecule has 1 saturated heterocycles. The van der Waals surface area contributed by atoms with Gasteiger partial charge in [-0.3, -0.25) is 0 Å². The molecule has 3 heteroatoms. The number of nitrogens with zero attached hydrogens (tertiary/aromatic N) is 1. The van der Waals surface area contributed by atoms with Crippen LogP contribution in [-0.4, -0.2) is 43.5 Å². The summed E-state index contributed by atoms with van der Waals surface area (Å²) in [6.45, 7) is 8.22. The molecule has 0 radical (unpaired) electrons. The molecule has 0 saturated carbocycles. The largest absolute Gasteiger partial charge is 0.380 e. The fraction of sp³-hybridized carbons (Fsp3) is 1.00. The lowest BCUT2D eigenvalue weighted by molar-refractivity contribution is -0.00611. The maximum absolute atomic E-state index is 5.53. The molecule has 1 aliphatic heterocycles. The average Bonchev–Trinajstić information content (AvgIpc) is 2.28. The van der Waals surface area contributed by atoms with Crippen LogP contribution < -0.4 is 0 Å². The number of hydrogen-bond acceptors (Lipinski definition) is 3. The van der Waals surface area contributed by atoms with E-state index < -0.39 is 0 Å². The van der Waals surface area contributed by atoms with Crippen molar-refractivity contribution in [1.82, 2.24) is 4.90 Å².